The molecule has 0 saturated heterocycles. The van der Waals surface area contributed by atoms with Gasteiger partial charge < -0.3 is 14.9 Å². The van der Waals surface area contributed by atoms with Crippen molar-refractivity contribution in [2.24, 2.45) is 0 Å². The molecule has 3 nitrogen and oxygen atoms in total. The van der Waals surface area contributed by atoms with Crippen molar-refractivity contribution in [3.8, 4) is 0 Å². The Bertz CT molecular complexity index is 268. The minimum Gasteiger partial charge on any atom is -0.515 e. The largest absolute Gasteiger partial charge is 0.515 e. The summed E-state index contributed by atoms with van der Waals surface area (Å²) in [4.78, 5) is 0.159. The maximum Gasteiger partial charge on any atom is 0.139 e. The molecule has 0 aromatic heterocycles. The number of ether oxygens (including phenoxy) is 1. The fourth-order valence-electron chi connectivity index (χ4n) is 1.91. The van der Waals surface area contributed by atoms with Crippen LogP contribution in [0.4, 0.5) is 0 Å². The first kappa shape index (κ1) is 20.2. The number of methoxy groups -OCH3 is 1. The van der Waals surface area contributed by atoms with Crippen molar-refractivity contribution in [3.05, 3.63) is 0 Å². The quantitative estimate of drug-likeness (QED) is 0.294. The highest BCUT2D eigenvalue weighted by molar-refractivity contribution is 7.82. The number of unbranched alkanes of at least 4 members (excludes halogenated alkanes) is 6. The molecule has 5 heteroatoms. The van der Waals surface area contributed by atoms with Gasteiger partial charge in [0.15, 0.2) is 0 Å². The van der Waals surface area contributed by atoms with Crippen LogP contribution in [0.15, 0.2) is 0 Å². The van der Waals surface area contributed by atoms with Crippen LogP contribution >= 0.6 is 12.6 Å². The third kappa shape index (κ3) is 8.45. The molecule has 2 atom stereocenters. The minimum atomic E-state index is -0.945. The second kappa shape index (κ2) is 11.8. The molecule has 0 heterocycles. The number of thiol groups is 1. The summed E-state index contributed by atoms with van der Waals surface area (Å²) in [5, 5.41) is 19.5. The minimum absolute atomic E-state index is 0.159. The lowest BCUT2D eigenvalue weighted by molar-refractivity contribution is 0.00638. The number of hydrogen-bond acceptors (Lipinski definition) is 4. The Morgan fingerprint density at radius 1 is 1.20 bits per heavy atom. The van der Waals surface area contributed by atoms with E-state index >= 15 is 0 Å². The fourth-order valence-corrected chi connectivity index (χ4v) is 3.61. The monoisotopic (exact) mass is 319 g/mol. The second-order valence-corrected chi connectivity index (χ2v) is 8.08. The third-order valence-electron chi connectivity index (χ3n) is 3.64. The van der Waals surface area contributed by atoms with Crippen LogP contribution in [0.3, 0.4) is 0 Å². The molecule has 0 spiro atoms. The maximum atomic E-state index is 10.0. The third-order valence-corrected chi connectivity index (χ3v) is 5.71. The summed E-state index contributed by atoms with van der Waals surface area (Å²) < 4.78 is 5.17. The van der Waals surface area contributed by atoms with Gasteiger partial charge in [0.25, 0.3) is 0 Å². The SMILES string of the molecule is CCCCCCCCCC(S)[Si]=C(O)C(C)(CO)OC. The average molecular weight is 320 g/mol. The summed E-state index contributed by atoms with van der Waals surface area (Å²) in [6, 6.07) is 0. The van der Waals surface area contributed by atoms with E-state index in [0.717, 1.165) is 12.8 Å². The Hall–Kier alpha value is 0.157. The lowest BCUT2D eigenvalue weighted by Gasteiger charge is -2.25. The van der Waals surface area contributed by atoms with Gasteiger partial charge in [-0.25, -0.2) is 0 Å². The lowest BCUT2D eigenvalue weighted by Crippen LogP contribution is -2.43. The predicted octanol–water partition coefficient (Wildman–Crippen LogP) is 2.99. The van der Waals surface area contributed by atoms with Gasteiger partial charge in [-0.15, -0.1) is 0 Å². The van der Waals surface area contributed by atoms with Crippen molar-refractivity contribution in [2.75, 3.05) is 13.7 Å². The lowest BCUT2D eigenvalue weighted by atomic mass is 10.1. The molecule has 2 unspecified atom stereocenters. The molecule has 20 heavy (non-hydrogen) atoms. The van der Waals surface area contributed by atoms with Gasteiger partial charge in [0.1, 0.15) is 5.60 Å². The Kier molecular flexibility index (Phi) is 11.9. The zero-order valence-electron chi connectivity index (χ0n) is 13.2. The number of aliphatic hydroxyl groups is 2. The van der Waals surface area contributed by atoms with E-state index in [1.165, 1.54) is 45.6 Å². The molecular formula is C15H31O3SSi. The van der Waals surface area contributed by atoms with Gasteiger partial charge in [-0.2, -0.15) is 12.6 Å². The van der Waals surface area contributed by atoms with Crippen LogP contribution < -0.4 is 0 Å². The second-order valence-electron chi connectivity index (χ2n) is 5.51. The van der Waals surface area contributed by atoms with E-state index < -0.39 is 5.60 Å². The molecule has 0 aromatic rings. The Morgan fingerprint density at radius 3 is 2.25 bits per heavy atom. The summed E-state index contributed by atoms with van der Waals surface area (Å²) >= 11 is 4.53. The molecule has 0 aliphatic carbocycles. The topological polar surface area (TPSA) is 49.7 Å². The van der Waals surface area contributed by atoms with Crippen molar-refractivity contribution in [3.63, 3.8) is 0 Å². The molecule has 0 aliphatic rings. The first-order valence-corrected chi connectivity index (χ1v) is 9.26. The Labute approximate surface area is 132 Å². The Morgan fingerprint density at radius 2 is 1.75 bits per heavy atom. The molecule has 0 saturated carbocycles. The van der Waals surface area contributed by atoms with Crippen LogP contribution in [0.2, 0.25) is 0 Å². The van der Waals surface area contributed by atoms with Gasteiger partial charge in [-0.1, -0.05) is 51.9 Å². The van der Waals surface area contributed by atoms with Crippen LogP contribution in [-0.4, -0.2) is 48.9 Å². The zero-order valence-corrected chi connectivity index (χ0v) is 15.1. The van der Waals surface area contributed by atoms with Crippen LogP contribution in [0.25, 0.3) is 0 Å². The average Bonchev–Trinajstić information content (AvgIpc) is 2.45. The van der Waals surface area contributed by atoms with E-state index in [9.17, 15) is 10.2 Å². The highest BCUT2D eigenvalue weighted by Crippen LogP contribution is 2.13. The van der Waals surface area contributed by atoms with Crippen LogP contribution in [0.5, 0.6) is 0 Å². The molecule has 2 N–H and O–H groups in total. The summed E-state index contributed by atoms with van der Waals surface area (Å²) in [5.74, 6) is 0. The molecule has 0 bridgehead atoms. The van der Waals surface area contributed by atoms with Gasteiger partial charge in [0, 0.05) is 12.0 Å². The standard InChI is InChI=1S/C15H31O3SSi/c1-4-5-6-7-8-9-10-11-13(19)20-14(17)15(2,12-16)18-3/h13,16-17,19H,4-12H2,1-3H3. The van der Waals surface area contributed by atoms with E-state index in [1.54, 1.807) is 6.92 Å². The Balaban J connectivity index is 3.89. The summed E-state index contributed by atoms with van der Waals surface area (Å²) in [6.45, 7) is 3.72. The molecule has 0 aliphatic heterocycles. The van der Waals surface area contributed by atoms with E-state index in [-0.39, 0.29) is 26.0 Å². The summed E-state index contributed by atoms with van der Waals surface area (Å²) in [6.07, 6.45) is 10.0. The molecule has 1 radical (unpaired) electrons. The number of hydrogen-bond donors (Lipinski definition) is 3. The van der Waals surface area contributed by atoms with Gasteiger partial charge in [0.05, 0.1) is 21.1 Å². The van der Waals surface area contributed by atoms with Gasteiger partial charge in [-0.3, -0.25) is 0 Å². The van der Waals surface area contributed by atoms with Gasteiger partial charge in [0.2, 0.25) is 0 Å². The molecule has 0 rings (SSSR count). The van der Waals surface area contributed by atoms with Crippen molar-refractivity contribution in [1.82, 2.24) is 0 Å². The van der Waals surface area contributed by atoms with E-state index in [2.05, 4.69) is 19.6 Å². The smallest absolute Gasteiger partial charge is 0.139 e. The molecule has 0 aromatic carbocycles. The van der Waals surface area contributed by atoms with E-state index in [0.29, 0.717) is 0 Å². The first-order valence-electron chi connectivity index (χ1n) is 7.67. The summed E-state index contributed by atoms with van der Waals surface area (Å²) in [7, 11) is 1.71. The van der Waals surface area contributed by atoms with Crippen LogP contribution in [-0.2, 0) is 4.74 Å². The van der Waals surface area contributed by atoms with Crippen LogP contribution in [0.1, 0.15) is 65.2 Å². The number of aliphatic hydroxyl groups excluding tert-OH is 2. The molecule has 0 amide bonds. The van der Waals surface area contributed by atoms with Gasteiger partial charge >= 0.3 is 0 Å². The maximum absolute atomic E-state index is 10.0. The molecule has 119 valence electrons. The summed E-state index contributed by atoms with van der Waals surface area (Å²) in [5.41, 5.74) is -0.945. The van der Waals surface area contributed by atoms with Crippen molar-refractivity contribution < 1.29 is 14.9 Å². The highest BCUT2D eigenvalue weighted by Gasteiger charge is 2.28. The fraction of sp³-hybridized carbons (Fsp3) is 0.933. The van der Waals surface area contributed by atoms with E-state index in [4.69, 9.17) is 4.74 Å². The van der Waals surface area contributed by atoms with Crippen molar-refractivity contribution in [1.29, 1.82) is 0 Å². The first-order chi connectivity index (χ1) is 9.50. The molecular weight excluding hydrogens is 288 g/mol. The van der Waals surface area contributed by atoms with Crippen LogP contribution in [0, 0.1) is 0 Å². The predicted molar refractivity (Wildman–Crippen MR) is 90.6 cm³/mol. The highest BCUT2D eigenvalue weighted by atomic mass is 32.1. The van der Waals surface area contributed by atoms with E-state index in [1.807, 2.05) is 0 Å². The normalized spacial score (nSPS) is 16.9. The van der Waals surface area contributed by atoms with Crippen molar-refractivity contribution >= 4 is 27.1 Å². The zero-order chi connectivity index (χ0) is 15.4. The van der Waals surface area contributed by atoms with Crippen molar-refractivity contribution in [2.45, 2.75) is 75.7 Å². The molecule has 0 fully saturated rings. The van der Waals surface area contributed by atoms with Gasteiger partial charge in [-0.05, 0) is 13.3 Å². The number of rotatable bonds is 12.